The summed E-state index contributed by atoms with van der Waals surface area (Å²) in [5.74, 6) is 0. The summed E-state index contributed by atoms with van der Waals surface area (Å²) >= 11 is -0.472. The summed E-state index contributed by atoms with van der Waals surface area (Å²) in [6, 6.07) is 28.6. The Morgan fingerprint density at radius 1 is 0.444 bits per heavy atom. The minimum Gasteiger partial charge on any atom is -0.265 e. The first kappa shape index (κ1) is 21.3. The van der Waals surface area contributed by atoms with Crippen molar-refractivity contribution in [1.29, 1.82) is 0 Å². The number of benzene rings is 2. The van der Waals surface area contributed by atoms with Crippen LogP contribution in [0, 0.1) is 0 Å². The van der Waals surface area contributed by atoms with Crippen molar-refractivity contribution in [1.82, 2.24) is 9.97 Å². The van der Waals surface area contributed by atoms with Crippen LogP contribution in [0.25, 0.3) is 22.3 Å². The minimum absolute atomic E-state index is 0.472. The smallest absolute Gasteiger partial charge is 0.0273 e. The molecule has 0 aliphatic rings. The maximum atomic E-state index is 4.88. The van der Waals surface area contributed by atoms with Crippen LogP contribution >= 0.6 is 18.8 Å². The van der Waals surface area contributed by atoms with E-state index in [1.165, 1.54) is 22.3 Å². The van der Waals surface area contributed by atoms with Crippen LogP contribution < -0.4 is 0 Å². The van der Waals surface area contributed by atoms with Crippen LogP contribution in [0.3, 0.4) is 0 Å². The summed E-state index contributed by atoms with van der Waals surface area (Å²) in [5, 5.41) is 0. The number of hydrogen-bond donors (Lipinski definition) is 0. The van der Waals surface area contributed by atoms with E-state index in [0.29, 0.717) is 0 Å². The zero-order chi connectivity index (χ0) is 19.2. The van der Waals surface area contributed by atoms with Crippen molar-refractivity contribution in [3.05, 3.63) is 110 Å². The van der Waals surface area contributed by atoms with E-state index in [-0.39, 0.29) is 0 Å². The van der Waals surface area contributed by atoms with Crippen molar-refractivity contribution in [2.75, 3.05) is 0 Å². The van der Waals surface area contributed by atoms with Gasteiger partial charge in [0.1, 0.15) is 0 Å². The molecular formula is C22H18Cl2N2Pt. The maximum absolute atomic E-state index is 4.88. The SMILES string of the molecule is [Cl][Pt][Cl].c1ccc(-c2ccncc2)cc1.c1ccc(-c2ccncc2)cc1. The summed E-state index contributed by atoms with van der Waals surface area (Å²) in [5.41, 5.74) is 4.90. The predicted octanol–water partition coefficient (Wildman–Crippen LogP) is 6.87. The summed E-state index contributed by atoms with van der Waals surface area (Å²) in [4.78, 5) is 7.94. The second-order valence-corrected chi connectivity index (χ2v) is 8.53. The molecule has 0 saturated heterocycles. The first-order chi connectivity index (χ1) is 13.3. The third kappa shape index (κ3) is 8.05. The molecule has 0 aliphatic heterocycles. The van der Waals surface area contributed by atoms with Gasteiger partial charge in [0.15, 0.2) is 0 Å². The van der Waals surface area contributed by atoms with Gasteiger partial charge >= 0.3 is 35.3 Å². The van der Waals surface area contributed by atoms with Crippen LogP contribution in [0.5, 0.6) is 0 Å². The Kier molecular flexibility index (Phi) is 10.4. The van der Waals surface area contributed by atoms with Crippen LogP contribution in [-0.4, -0.2) is 9.97 Å². The first-order valence-electron chi connectivity index (χ1n) is 8.08. The zero-order valence-corrected chi connectivity index (χ0v) is 18.1. The fraction of sp³-hybridized carbons (Fsp3) is 0. The van der Waals surface area contributed by atoms with Crippen LogP contribution in [0.1, 0.15) is 0 Å². The normalized spacial score (nSPS) is 9.41. The quantitative estimate of drug-likeness (QED) is 0.260. The fourth-order valence-corrected chi connectivity index (χ4v) is 2.35. The van der Waals surface area contributed by atoms with E-state index in [0.717, 1.165) is 0 Å². The molecule has 2 aromatic carbocycles. The van der Waals surface area contributed by atoms with Crippen molar-refractivity contribution >= 4 is 18.8 Å². The molecule has 2 aromatic heterocycles. The van der Waals surface area contributed by atoms with Crippen molar-refractivity contribution < 1.29 is 16.5 Å². The van der Waals surface area contributed by atoms with Crippen LogP contribution in [-0.2, 0) is 16.5 Å². The molecule has 27 heavy (non-hydrogen) atoms. The Labute approximate surface area is 176 Å². The molecule has 5 heteroatoms. The zero-order valence-electron chi connectivity index (χ0n) is 14.4. The van der Waals surface area contributed by atoms with Crippen LogP contribution in [0.2, 0.25) is 0 Å². The van der Waals surface area contributed by atoms with E-state index in [9.17, 15) is 0 Å². The van der Waals surface area contributed by atoms with E-state index in [2.05, 4.69) is 34.2 Å². The Morgan fingerprint density at radius 3 is 1.00 bits per heavy atom. The van der Waals surface area contributed by atoms with E-state index in [4.69, 9.17) is 18.8 Å². The van der Waals surface area contributed by atoms with Gasteiger partial charge in [-0.25, -0.2) is 0 Å². The average Bonchev–Trinajstić information content (AvgIpc) is 2.77. The standard InChI is InChI=1S/2C11H9N.2ClH.Pt/c2*1-2-4-10(5-3-1)11-6-8-12-9-7-11;;;/h2*1-9H;2*1H;/q;;;;+2/p-2. The van der Waals surface area contributed by atoms with E-state index in [1.807, 2.05) is 85.5 Å². The molecule has 0 N–H and O–H groups in total. The Hall–Kier alpha value is -1.99. The van der Waals surface area contributed by atoms with Gasteiger partial charge in [-0.15, -0.1) is 0 Å². The van der Waals surface area contributed by atoms with Crippen molar-refractivity contribution in [3.63, 3.8) is 0 Å². The van der Waals surface area contributed by atoms with Crippen molar-refractivity contribution in [2.45, 2.75) is 0 Å². The van der Waals surface area contributed by atoms with Gasteiger partial charge in [-0.2, -0.15) is 0 Å². The maximum Gasteiger partial charge on any atom is 0.0273 e. The Balaban J connectivity index is 0.000000170. The summed E-state index contributed by atoms with van der Waals surface area (Å²) in [7, 11) is 9.75. The second-order valence-electron chi connectivity index (χ2n) is 5.25. The van der Waals surface area contributed by atoms with Crippen LogP contribution in [0.4, 0.5) is 0 Å². The topological polar surface area (TPSA) is 25.8 Å². The van der Waals surface area contributed by atoms with E-state index < -0.39 is 16.5 Å². The molecule has 0 spiro atoms. The van der Waals surface area contributed by atoms with Gasteiger partial charge in [-0.3, -0.25) is 9.97 Å². The fourth-order valence-electron chi connectivity index (χ4n) is 2.35. The molecule has 0 fully saturated rings. The molecular weight excluding hydrogens is 558 g/mol. The Bertz CT molecular complexity index is 711. The monoisotopic (exact) mass is 575 g/mol. The van der Waals surface area contributed by atoms with Gasteiger partial charge in [0, 0.05) is 24.8 Å². The molecule has 0 amide bonds. The molecule has 0 radical (unpaired) electrons. The summed E-state index contributed by atoms with van der Waals surface area (Å²) < 4.78 is 0. The first-order valence-corrected chi connectivity index (χ1v) is 13.7. The number of pyridine rings is 2. The molecule has 4 aromatic rings. The largest absolute Gasteiger partial charge is 0.265 e. The van der Waals surface area contributed by atoms with Gasteiger partial charge in [0.2, 0.25) is 0 Å². The van der Waals surface area contributed by atoms with Gasteiger partial charge < -0.3 is 0 Å². The third-order valence-corrected chi connectivity index (χ3v) is 3.57. The predicted molar refractivity (Wildman–Crippen MR) is 111 cm³/mol. The number of rotatable bonds is 2. The van der Waals surface area contributed by atoms with E-state index in [1.54, 1.807) is 0 Å². The number of halogens is 2. The van der Waals surface area contributed by atoms with Crippen molar-refractivity contribution in [2.24, 2.45) is 0 Å². The summed E-state index contributed by atoms with van der Waals surface area (Å²) in [6.07, 6.45) is 7.23. The Morgan fingerprint density at radius 2 is 0.704 bits per heavy atom. The van der Waals surface area contributed by atoms with Crippen molar-refractivity contribution in [3.8, 4) is 22.3 Å². The molecule has 0 atom stereocenters. The second kappa shape index (κ2) is 13.2. The molecule has 140 valence electrons. The number of nitrogens with zero attached hydrogens (tertiary/aromatic N) is 2. The minimum atomic E-state index is -0.472. The number of aromatic nitrogens is 2. The summed E-state index contributed by atoms with van der Waals surface area (Å²) in [6.45, 7) is 0. The van der Waals surface area contributed by atoms with Gasteiger partial charge in [0.05, 0.1) is 0 Å². The molecule has 4 rings (SSSR count). The molecule has 0 saturated carbocycles. The van der Waals surface area contributed by atoms with Gasteiger partial charge in [-0.1, -0.05) is 60.7 Å². The molecule has 2 heterocycles. The van der Waals surface area contributed by atoms with Gasteiger partial charge in [-0.05, 0) is 46.5 Å². The van der Waals surface area contributed by atoms with Crippen LogP contribution in [0.15, 0.2) is 110 Å². The average molecular weight is 576 g/mol. The molecule has 0 bridgehead atoms. The molecule has 0 unspecified atom stereocenters. The number of hydrogen-bond acceptors (Lipinski definition) is 2. The van der Waals surface area contributed by atoms with Gasteiger partial charge in [0.25, 0.3) is 0 Å². The third-order valence-electron chi connectivity index (χ3n) is 3.57. The van der Waals surface area contributed by atoms with E-state index >= 15 is 0 Å². The molecule has 0 aliphatic carbocycles. The molecule has 2 nitrogen and oxygen atoms in total.